The van der Waals surface area contributed by atoms with Gasteiger partial charge < -0.3 is 24.4 Å². The van der Waals surface area contributed by atoms with Gasteiger partial charge in [-0.2, -0.15) is 0 Å². The van der Waals surface area contributed by atoms with Gasteiger partial charge in [0.15, 0.2) is 11.5 Å². The van der Waals surface area contributed by atoms with Crippen LogP contribution in [0.1, 0.15) is 10.4 Å². The summed E-state index contributed by atoms with van der Waals surface area (Å²) in [6.45, 7) is 2.71. The first-order chi connectivity index (χ1) is 10.6. The van der Waals surface area contributed by atoms with Gasteiger partial charge in [0, 0.05) is 13.1 Å². The van der Waals surface area contributed by atoms with E-state index in [1.54, 1.807) is 17.0 Å². The number of carbonyl (C=O) groups is 2. The van der Waals surface area contributed by atoms with Gasteiger partial charge in [0.05, 0.1) is 16.6 Å². The van der Waals surface area contributed by atoms with Crippen molar-refractivity contribution in [3.05, 3.63) is 22.2 Å². The topological polar surface area (TPSA) is 77.1 Å². The maximum atomic E-state index is 12.1. The molecule has 0 aromatic heterocycles. The van der Waals surface area contributed by atoms with Crippen molar-refractivity contribution in [3.8, 4) is 11.5 Å². The van der Waals surface area contributed by atoms with E-state index in [2.05, 4.69) is 21.2 Å². The third kappa shape index (κ3) is 3.11. The molecule has 7 nitrogen and oxygen atoms in total. The molecule has 0 saturated carbocycles. The van der Waals surface area contributed by atoms with Crippen LogP contribution in [-0.4, -0.2) is 56.4 Å². The fourth-order valence-corrected chi connectivity index (χ4v) is 2.84. The van der Waals surface area contributed by atoms with E-state index in [-0.39, 0.29) is 12.6 Å². The minimum absolute atomic E-state index is 0.127. The Kier molecular flexibility index (Phi) is 4.37. The van der Waals surface area contributed by atoms with E-state index >= 15 is 0 Å². The van der Waals surface area contributed by atoms with Gasteiger partial charge in [-0.15, -0.1) is 0 Å². The number of halogens is 1. The molecule has 2 aliphatic heterocycles. The van der Waals surface area contributed by atoms with Crippen molar-refractivity contribution in [2.24, 2.45) is 0 Å². The summed E-state index contributed by atoms with van der Waals surface area (Å²) in [5.41, 5.74) is 0.377. The van der Waals surface area contributed by atoms with Gasteiger partial charge in [0.1, 0.15) is 19.8 Å². The summed E-state index contributed by atoms with van der Waals surface area (Å²) in [6, 6.07) is 3.11. The molecule has 0 atom stereocenters. The Labute approximate surface area is 135 Å². The number of rotatable bonds is 4. The van der Waals surface area contributed by atoms with Crippen molar-refractivity contribution in [1.29, 1.82) is 0 Å². The Morgan fingerprint density at radius 2 is 2.18 bits per heavy atom. The standard InChI is InChI=1S/C14H15BrN2O5/c15-10-7-9(8-11-12(10)21-6-5-20-11)13(18)22-4-3-17-2-1-16-14(17)19/h7-8H,1-6H2,(H,16,19). The van der Waals surface area contributed by atoms with Gasteiger partial charge in [0.25, 0.3) is 0 Å². The summed E-state index contributed by atoms with van der Waals surface area (Å²) < 4.78 is 16.8. The molecule has 0 aliphatic carbocycles. The highest BCUT2D eigenvalue weighted by molar-refractivity contribution is 9.10. The highest BCUT2D eigenvalue weighted by Gasteiger charge is 2.21. The average Bonchev–Trinajstić information content (AvgIpc) is 2.92. The minimum atomic E-state index is -0.461. The Bertz CT molecular complexity index is 607. The van der Waals surface area contributed by atoms with E-state index in [1.807, 2.05) is 0 Å². The molecule has 0 spiro atoms. The van der Waals surface area contributed by atoms with Crippen LogP contribution in [0.4, 0.5) is 4.79 Å². The zero-order valence-electron chi connectivity index (χ0n) is 11.8. The van der Waals surface area contributed by atoms with Crippen molar-refractivity contribution >= 4 is 27.9 Å². The lowest BCUT2D eigenvalue weighted by Crippen LogP contribution is -2.31. The van der Waals surface area contributed by atoms with Crippen molar-refractivity contribution in [2.45, 2.75) is 0 Å². The van der Waals surface area contributed by atoms with Gasteiger partial charge in [-0.3, -0.25) is 0 Å². The van der Waals surface area contributed by atoms with Gasteiger partial charge in [0.2, 0.25) is 0 Å². The lowest BCUT2D eigenvalue weighted by atomic mass is 10.2. The third-order valence-corrected chi connectivity index (χ3v) is 3.96. The molecule has 2 heterocycles. The fourth-order valence-electron chi connectivity index (χ4n) is 2.29. The van der Waals surface area contributed by atoms with E-state index in [0.717, 1.165) is 0 Å². The van der Waals surface area contributed by atoms with Crippen LogP contribution in [0.15, 0.2) is 16.6 Å². The molecule has 0 unspecified atom stereocenters. The number of carbonyl (C=O) groups excluding carboxylic acids is 2. The number of benzene rings is 1. The van der Waals surface area contributed by atoms with E-state index in [9.17, 15) is 9.59 Å². The Morgan fingerprint density at radius 3 is 2.95 bits per heavy atom. The Hall–Kier alpha value is -1.96. The van der Waals surface area contributed by atoms with Crippen LogP contribution < -0.4 is 14.8 Å². The summed E-state index contributed by atoms with van der Waals surface area (Å²) in [4.78, 5) is 25.0. The van der Waals surface area contributed by atoms with Crippen LogP contribution in [0.25, 0.3) is 0 Å². The number of nitrogens with zero attached hydrogens (tertiary/aromatic N) is 1. The van der Waals surface area contributed by atoms with E-state index in [0.29, 0.717) is 54.4 Å². The SMILES string of the molecule is O=C(OCCN1CCNC1=O)c1cc(Br)c2c(c1)OCCO2. The third-order valence-electron chi connectivity index (χ3n) is 3.37. The highest BCUT2D eigenvalue weighted by atomic mass is 79.9. The van der Waals surface area contributed by atoms with Gasteiger partial charge in [-0.05, 0) is 28.1 Å². The van der Waals surface area contributed by atoms with E-state index in [4.69, 9.17) is 14.2 Å². The van der Waals surface area contributed by atoms with Crippen molar-refractivity contribution in [3.63, 3.8) is 0 Å². The molecule has 2 aliphatic rings. The van der Waals surface area contributed by atoms with Crippen LogP contribution >= 0.6 is 15.9 Å². The van der Waals surface area contributed by atoms with Crippen molar-refractivity contribution in [2.75, 3.05) is 39.5 Å². The minimum Gasteiger partial charge on any atom is -0.486 e. The molecule has 8 heteroatoms. The molecule has 0 radical (unpaired) electrons. The second-order valence-electron chi connectivity index (χ2n) is 4.84. The van der Waals surface area contributed by atoms with Crippen LogP contribution in [0.5, 0.6) is 11.5 Å². The second kappa shape index (κ2) is 6.43. The van der Waals surface area contributed by atoms with E-state index in [1.165, 1.54) is 0 Å². The number of ether oxygens (including phenoxy) is 3. The first kappa shape index (κ1) is 15.0. The first-order valence-corrected chi connectivity index (χ1v) is 7.73. The number of esters is 1. The molecule has 1 fully saturated rings. The van der Waals surface area contributed by atoms with Crippen LogP contribution in [-0.2, 0) is 4.74 Å². The number of hydrogen-bond donors (Lipinski definition) is 1. The fraction of sp³-hybridized carbons (Fsp3) is 0.429. The van der Waals surface area contributed by atoms with Gasteiger partial charge in [-0.1, -0.05) is 0 Å². The highest BCUT2D eigenvalue weighted by Crippen LogP contribution is 2.38. The number of hydrogen-bond acceptors (Lipinski definition) is 5. The molecule has 1 saturated heterocycles. The van der Waals surface area contributed by atoms with Crippen molar-refractivity contribution < 1.29 is 23.8 Å². The molecule has 1 aromatic carbocycles. The lowest BCUT2D eigenvalue weighted by Gasteiger charge is -2.20. The predicted octanol–water partition coefficient (Wildman–Crippen LogP) is 1.40. The summed E-state index contributed by atoms with van der Waals surface area (Å²) in [5, 5.41) is 2.69. The lowest BCUT2D eigenvalue weighted by molar-refractivity contribution is 0.0480. The number of urea groups is 1. The largest absolute Gasteiger partial charge is 0.486 e. The smallest absolute Gasteiger partial charge is 0.338 e. The molecule has 0 bridgehead atoms. The summed E-state index contributed by atoms with van der Waals surface area (Å²) in [7, 11) is 0. The van der Waals surface area contributed by atoms with Gasteiger partial charge in [-0.25, -0.2) is 9.59 Å². The maximum absolute atomic E-state index is 12.1. The summed E-state index contributed by atoms with van der Waals surface area (Å²) >= 11 is 3.36. The Balaban J connectivity index is 1.60. The molecule has 3 rings (SSSR count). The number of amides is 2. The maximum Gasteiger partial charge on any atom is 0.338 e. The summed E-state index contributed by atoms with van der Waals surface area (Å²) in [6.07, 6.45) is 0. The zero-order chi connectivity index (χ0) is 15.5. The first-order valence-electron chi connectivity index (χ1n) is 6.94. The Morgan fingerprint density at radius 1 is 1.36 bits per heavy atom. The molecule has 2 amide bonds. The monoisotopic (exact) mass is 370 g/mol. The molecular weight excluding hydrogens is 356 g/mol. The van der Waals surface area contributed by atoms with Crippen LogP contribution in [0.3, 0.4) is 0 Å². The van der Waals surface area contributed by atoms with Crippen LogP contribution in [0.2, 0.25) is 0 Å². The molecule has 118 valence electrons. The molecule has 22 heavy (non-hydrogen) atoms. The van der Waals surface area contributed by atoms with E-state index < -0.39 is 5.97 Å². The average molecular weight is 371 g/mol. The van der Waals surface area contributed by atoms with Crippen LogP contribution in [0, 0.1) is 0 Å². The summed E-state index contributed by atoms with van der Waals surface area (Å²) in [5.74, 6) is 0.653. The zero-order valence-corrected chi connectivity index (χ0v) is 13.3. The quantitative estimate of drug-likeness (QED) is 0.810. The molecular formula is C14H15BrN2O5. The second-order valence-corrected chi connectivity index (χ2v) is 5.69. The molecule has 1 aromatic rings. The van der Waals surface area contributed by atoms with Crippen molar-refractivity contribution in [1.82, 2.24) is 10.2 Å². The number of nitrogens with one attached hydrogen (secondary N) is 1. The number of fused-ring (bicyclic) bond motifs is 1. The molecule has 1 N–H and O–H groups in total. The van der Waals surface area contributed by atoms with Gasteiger partial charge >= 0.3 is 12.0 Å². The normalized spacial score (nSPS) is 16.4. The predicted molar refractivity (Wildman–Crippen MR) is 80.4 cm³/mol.